The summed E-state index contributed by atoms with van der Waals surface area (Å²) in [7, 11) is -3.10. The van der Waals surface area contributed by atoms with Crippen LogP contribution in [0.15, 0.2) is 60.7 Å². The maximum absolute atomic E-state index is 14.6. The first-order valence-corrected chi connectivity index (χ1v) is 11.4. The number of imide groups is 1. The minimum absolute atomic E-state index is 0.0499. The molecule has 1 heterocycles. The molecule has 0 radical (unpaired) electrons. The number of rotatable bonds is 7. The lowest BCUT2D eigenvalue weighted by molar-refractivity contribution is -0.127. The predicted octanol–water partition coefficient (Wildman–Crippen LogP) is 3.78. The Morgan fingerprint density at radius 3 is 2.00 bits per heavy atom. The number of hydrogen-bond donors (Lipinski definition) is 0. The molecular formula is C22H26NO4P. The van der Waals surface area contributed by atoms with Gasteiger partial charge in [0.1, 0.15) is 13.7 Å². The Morgan fingerprint density at radius 2 is 1.57 bits per heavy atom. The van der Waals surface area contributed by atoms with Crippen molar-refractivity contribution in [1.29, 1.82) is 0 Å². The van der Waals surface area contributed by atoms with E-state index in [2.05, 4.69) is 13.8 Å². The van der Waals surface area contributed by atoms with Crippen molar-refractivity contribution in [2.24, 2.45) is 5.92 Å². The Hall–Kier alpha value is -2.39. The van der Waals surface area contributed by atoms with Crippen LogP contribution in [0.2, 0.25) is 0 Å². The smallest absolute Gasteiger partial charge is 0.416 e. The van der Waals surface area contributed by atoms with Gasteiger partial charge in [0.05, 0.1) is 6.54 Å². The van der Waals surface area contributed by atoms with Gasteiger partial charge < -0.3 is 9.30 Å². The molecule has 3 rings (SSSR count). The van der Waals surface area contributed by atoms with Gasteiger partial charge in [-0.25, -0.2) is 9.69 Å². The molecule has 6 heteroatoms. The number of benzene rings is 2. The maximum atomic E-state index is 14.6. The highest BCUT2D eigenvalue weighted by molar-refractivity contribution is 7.79. The second-order valence-corrected chi connectivity index (χ2v) is 10.6. The van der Waals surface area contributed by atoms with E-state index in [4.69, 9.17) is 4.74 Å². The van der Waals surface area contributed by atoms with Crippen LogP contribution in [0.3, 0.4) is 0 Å². The number of hydrogen-bond acceptors (Lipinski definition) is 4. The summed E-state index contributed by atoms with van der Waals surface area (Å²) >= 11 is 0. The van der Waals surface area contributed by atoms with E-state index in [9.17, 15) is 14.2 Å². The number of cyclic esters (lactones) is 1. The zero-order chi connectivity index (χ0) is 20.1. The Balaban J connectivity index is 2.03. The zero-order valence-corrected chi connectivity index (χ0v) is 17.2. The summed E-state index contributed by atoms with van der Waals surface area (Å²) in [5, 5.41) is 1.48. The summed E-state index contributed by atoms with van der Waals surface area (Å²) in [6.07, 6.45) is 0.0619. The van der Waals surface area contributed by atoms with Gasteiger partial charge in [-0.3, -0.25) is 4.79 Å². The first-order chi connectivity index (χ1) is 13.4. The third-order valence-electron chi connectivity index (χ3n) is 5.01. The largest absolute Gasteiger partial charge is 0.447 e. The first-order valence-electron chi connectivity index (χ1n) is 9.61. The Labute approximate surface area is 166 Å². The molecule has 0 bridgehead atoms. The van der Waals surface area contributed by atoms with E-state index in [-0.39, 0.29) is 31.4 Å². The van der Waals surface area contributed by atoms with E-state index in [1.165, 1.54) is 0 Å². The fourth-order valence-electron chi connectivity index (χ4n) is 3.71. The van der Waals surface area contributed by atoms with E-state index in [1.807, 2.05) is 60.7 Å². The van der Waals surface area contributed by atoms with Crippen LogP contribution in [0, 0.1) is 5.92 Å². The summed E-state index contributed by atoms with van der Waals surface area (Å²) < 4.78 is 19.5. The number of carbonyl (C=O) groups is 2. The van der Waals surface area contributed by atoms with Crippen LogP contribution in [-0.2, 0) is 14.1 Å². The molecular weight excluding hydrogens is 373 g/mol. The molecule has 1 atom stereocenters. The normalized spacial score (nSPS) is 15.5. The molecule has 5 nitrogen and oxygen atoms in total. The minimum atomic E-state index is -3.10. The van der Waals surface area contributed by atoms with E-state index < -0.39 is 18.9 Å². The van der Waals surface area contributed by atoms with Gasteiger partial charge >= 0.3 is 6.09 Å². The van der Waals surface area contributed by atoms with Gasteiger partial charge in [-0.2, -0.15) is 0 Å². The summed E-state index contributed by atoms with van der Waals surface area (Å²) in [5.41, 5.74) is -0.391. The SMILES string of the molecule is CC(C)C[C@H](CC(=O)N1CCOC1=O)P(=O)(c1ccccc1)c1ccccc1. The first kappa shape index (κ1) is 20.3. The van der Waals surface area contributed by atoms with Crippen molar-refractivity contribution >= 4 is 29.8 Å². The molecule has 1 aliphatic heterocycles. The van der Waals surface area contributed by atoms with Crippen LogP contribution in [0.4, 0.5) is 4.79 Å². The highest BCUT2D eigenvalue weighted by Gasteiger charge is 2.40. The quantitative estimate of drug-likeness (QED) is 0.665. The molecule has 28 heavy (non-hydrogen) atoms. The second-order valence-electron chi connectivity index (χ2n) is 7.48. The molecule has 1 aliphatic rings. The number of ether oxygens (including phenoxy) is 1. The van der Waals surface area contributed by atoms with Gasteiger partial charge in [-0.15, -0.1) is 0 Å². The van der Waals surface area contributed by atoms with Crippen LogP contribution in [0.5, 0.6) is 0 Å². The van der Waals surface area contributed by atoms with Gasteiger partial charge in [0.2, 0.25) is 5.91 Å². The van der Waals surface area contributed by atoms with Crippen molar-refractivity contribution in [3.05, 3.63) is 60.7 Å². The fraction of sp³-hybridized carbons (Fsp3) is 0.364. The van der Waals surface area contributed by atoms with E-state index in [0.717, 1.165) is 15.5 Å². The Kier molecular flexibility index (Phi) is 6.35. The van der Waals surface area contributed by atoms with Crippen molar-refractivity contribution < 1.29 is 18.9 Å². The lowest BCUT2D eigenvalue weighted by Gasteiger charge is -2.30. The standard InChI is InChI=1S/C22H26NO4P/c1-17(2)15-20(16-21(24)23-13-14-27-22(23)25)28(26,18-9-5-3-6-10-18)19-11-7-4-8-12-19/h3-12,17,20H,13-16H2,1-2H3/t20-/m1/s1. The summed E-state index contributed by atoms with van der Waals surface area (Å²) in [6, 6.07) is 18.8. The molecule has 0 spiro atoms. The molecule has 2 aromatic carbocycles. The van der Waals surface area contributed by atoms with Gasteiger partial charge in [0, 0.05) is 22.7 Å². The average molecular weight is 399 g/mol. The highest BCUT2D eigenvalue weighted by atomic mass is 31.2. The predicted molar refractivity (Wildman–Crippen MR) is 111 cm³/mol. The second kappa shape index (κ2) is 8.74. The average Bonchev–Trinajstić information content (AvgIpc) is 3.14. The van der Waals surface area contributed by atoms with Gasteiger partial charge in [-0.1, -0.05) is 74.5 Å². The Morgan fingerprint density at radius 1 is 1.04 bits per heavy atom. The number of carbonyl (C=O) groups excluding carboxylic acids is 2. The molecule has 0 aromatic heterocycles. The topological polar surface area (TPSA) is 63.7 Å². The summed E-state index contributed by atoms with van der Waals surface area (Å²) in [6.45, 7) is 4.59. The van der Waals surface area contributed by atoms with E-state index in [1.54, 1.807) is 0 Å². The van der Waals surface area contributed by atoms with Crippen molar-refractivity contribution in [2.75, 3.05) is 13.2 Å². The van der Waals surface area contributed by atoms with Crippen molar-refractivity contribution in [2.45, 2.75) is 32.3 Å². The van der Waals surface area contributed by atoms with Crippen LogP contribution in [0.25, 0.3) is 0 Å². The minimum Gasteiger partial charge on any atom is -0.447 e. The molecule has 2 amide bonds. The van der Waals surface area contributed by atoms with E-state index in [0.29, 0.717) is 6.42 Å². The zero-order valence-electron chi connectivity index (χ0n) is 16.3. The Bertz CT molecular complexity index is 823. The molecule has 2 aromatic rings. The highest BCUT2D eigenvalue weighted by Crippen LogP contribution is 2.52. The third kappa shape index (κ3) is 4.20. The molecule has 1 saturated heterocycles. The van der Waals surface area contributed by atoms with Gasteiger partial charge in [0.25, 0.3) is 0 Å². The molecule has 0 unspecified atom stereocenters. The summed E-state index contributed by atoms with van der Waals surface area (Å²) in [4.78, 5) is 25.8. The lowest BCUT2D eigenvalue weighted by atomic mass is 10.1. The van der Waals surface area contributed by atoms with Crippen molar-refractivity contribution in [1.82, 2.24) is 4.90 Å². The monoisotopic (exact) mass is 399 g/mol. The molecule has 0 aliphatic carbocycles. The summed E-state index contributed by atoms with van der Waals surface area (Å²) in [5.74, 6) is -0.0654. The lowest BCUT2D eigenvalue weighted by Crippen LogP contribution is -2.36. The fourth-order valence-corrected chi connectivity index (χ4v) is 7.21. The maximum Gasteiger partial charge on any atom is 0.416 e. The molecule has 0 saturated carbocycles. The number of nitrogens with zero attached hydrogens (tertiary/aromatic N) is 1. The molecule has 148 valence electrons. The molecule has 0 N–H and O–H groups in total. The van der Waals surface area contributed by atoms with Crippen LogP contribution in [-0.4, -0.2) is 35.7 Å². The van der Waals surface area contributed by atoms with Crippen LogP contribution < -0.4 is 10.6 Å². The van der Waals surface area contributed by atoms with Crippen LogP contribution >= 0.6 is 7.14 Å². The molecule has 1 fully saturated rings. The third-order valence-corrected chi connectivity index (χ3v) is 8.56. The van der Waals surface area contributed by atoms with Crippen LogP contribution in [0.1, 0.15) is 26.7 Å². The number of amides is 2. The van der Waals surface area contributed by atoms with Gasteiger partial charge in [-0.05, 0) is 12.3 Å². The van der Waals surface area contributed by atoms with Crippen molar-refractivity contribution in [3.63, 3.8) is 0 Å². The van der Waals surface area contributed by atoms with E-state index >= 15 is 0 Å². The van der Waals surface area contributed by atoms with Gasteiger partial charge in [0.15, 0.2) is 0 Å². The van der Waals surface area contributed by atoms with Crippen molar-refractivity contribution in [3.8, 4) is 0 Å².